The van der Waals surface area contributed by atoms with Crippen molar-refractivity contribution >= 4 is 61.0 Å². The lowest BCUT2D eigenvalue weighted by Gasteiger charge is -2.07. The molecule has 0 fully saturated rings. The van der Waals surface area contributed by atoms with E-state index >= 15 is 0 Å². The van der Waals surface area contributed by atoms with E-state index in [1.807, 2.05) is 31.2 Å². The van der Waals surface area contributed by atoms with Gasteiger partial charge in [-0.3, -0.25) is 15.5 Å². The standard InChI is InChI=1S/C14H13BrN4O2S2/c1-8-3-5-10(6-4-8)16-14(22)18-17-9(2)12-7-11(15)13(23-12)19(20)21/h3-7H,1-2H3,(H2,16,18,22)/b17-9-. The number of hydrogen-bond acceptors (Lipinski definition) is 5. The lowest BCUT2D eigenvalue weighted by Crippen LogP contribution is -2.24. The molecule has 9 heteroatoms. The van der Waals surface area contributed by atoms with Crippen LogP contribution in [0, 0.1) is 17.0 Å². The number of nitrogens with zero attached hydrogens (tertiary/aromatic N) is 2. The van der Waals surface area contributed by atoms with E-state index in [1.165, 1.54) is 0 Å². The van der Waals surface area contributed by atoms with Crippen LogP contribution in [0.3, 0.4) is 0 Å². The van der Waals surface area contributed by atoms with Gasteiger partial charge in [-0.25, -0.2) is 0 Å². The van der Waals surface area contributed by atoms with Crippen LogP contribution < -0.4 is 10.7 Å². The molecule has 120 valence electrons. The van der Waals surface area contributed by atoms with Gasteiger partial charge in [-0.2, -0.15) is 5.10 Å². The van der Waals surface area contributed by atoms with E-state index in [1.54, 1.807) is 13.0 Å². The molecule has 2 N–H and O–H groups in total. The molecule has 0 amide bonds. The first-order valence-electron chi connectivity index (χ1n) is 6.49. The summed E-state index contributed by atoms with van der Waals surface area (Å²) in [5.41, 5.74) is 5.36. The Kier molecular flexibility index (Phi) is 5.80. The van der Waals surface area contributed by atoms with Crippen LogP contribution in [0.25, 0.3) is 0 Å². The summed E-state index contributed by atoms with van der Waals surface area (Å²) in [6, 6.07) is 9.45. The molecule has 0 bridgehead atoms. The van der Waals surface area contributed by atoms with Gasteiger partial charge in [0.2, 0.25) is 0 Å². The van der Waals surface area contributed by atoms with Gasteiger partial charge in [0.15, 0.2) is 5.11 Å². The zero-order valence-corrected chi connectivity index (χ0v) is 15.5. The smallest absolute Gasteiger partial charge is 0.331 e. The van der Waals surface area contributed by atoms with Gasteiger partial charge in [0, 0.05) is 5.69 Å². The summed E-state index contributed by atoms with van der Waals surface area (Å²) < 4.78 is 0.442. The summed E-state index contributed by atoms with van der Waals surface area (Å²) in [6.07, 6.45) is 0. The average Bonchev–Trinajstić information content (AvgIpc) is 2.89. The van der Waals surface area contributed by atoms with E-state index in [2.05, 4.69) is 31.8 Å². The van der Waals surface area contributed by atoms with Gasteiger partial charge in [-0.1, -0.05) is 29.0 Å². The van der Waals surface area contributed by atoms with Crippen molar-refractivity contribution in [2.75, 3.05) is 5.32 Å². The third kappa shape index (κ3) is 4.81. The number of benzene rings is 1. The summed E-state index contributed by atoms with van der Waals surface area (Å²) in [4.78, 5) is 11.1. The van der Waals surface area contributed by atoms with Crippen molar-refractivity contribution in [3.05, 3.63) is 55.4 Å². The topological polar surface area (TPSA) is 79.6 Å². The number of thiocarbonyl (C=S) groups is 1. The van der Waals surface area contributed by atoms with Gasteiger partial charge in [0.1, 0.15) is 4.47 Å². The van der Waals surface area contributed by atoms with Crippen LogP contribution in [0.4, 0.5) is 10.7 Å². The molecule has 6 nitrogen and oxygen atoms in total. The first-order chi connectivity index (χ1) is 10.9. The molecule has 2 rings (SSSR count). The Labute approximate surface area is 150 Å². The molecule has 0 aliphatic heterocycles. The first-order valence-corrected chi connectivity index (χ1v) is 8.50. The van der Waals surface area contributed by atoms with Gasteiger partial charge >= 0.3 is 5.00 Å². The minimum absolute atomic E-state index is 0.0508. The highest BCUT2D eigenvalue weighted by Gasteiger charge is 2.18. The lowest BCUT2D eigenvalue weighted by molar-refractivity contribution is -0.380. The number of rotatable bonds is 4. The molecular weight excluding hydrogens is 400 g/mol. The highest BCUT2D eigenvalue weighted by Crippen LogP contribution is 2.34. The maximum Gasteiger partial charge on any atom is 0.338 e. The first kappa shape index (κ1) is 17.5. The fourth-order valence-electron chi connectivity index (χ4n) is 1.65. The Balaban J connectivity index is 2.01. The monoisotopic (exact) mass is 412 g/mol. The van der Waals surface area contributed by atoms with Gasteiger partial charge in [-0.15, -0.1) is 0 Å². The SMILES string of the molecule is C/C(=N/NC(=S)Nc1ccc(C)cc1)c1cc(Br)c([N+](=O)[O-])s1. The van der Waals surface area contributed by atoms with Crippen molar-refractivity contribution in [2.45, 2.75) is 13.8 Å². The third-order valence-electron chi connectivity index (χ3n) is 2.83. The van der Waals surface area contributed by atoms with E-state index in [4.69, 9.17) is 12.2 Å². The molecular formula is C14H13BrN4O2S2. The molecule has 1 aromatic heterocycles. The zero-order valence-electron chi connectivity index (χ0n) is 12.3. The molecule has 0 spiro atoms. The normalized spacial score (nSPS) is 11.2. The van der Waals surface area contributed by atoms with Gasteiger partial charge < -0.3 is 5.32 Å². The van der Waals surface area contributed by atoms with Crippen LogP contribution in [0.2, 0.25) is 0 Å². The fourth-order valence-corrected chi connectivity index (χ4v) is 3.39. The van der Waals surface area contributed by atoms with Gasteiger partial charge in [0.05, 0.1) is 15.5 Å². The fraction of sp³-hybridized carbons (Fsp3) is 0.143. The molecule has 1 heterocycles. The number of thiophene rings is 1. The Morgan fingerprint density at radius 3 is 2.61 bits per heavy atom. The second-order valence-electron chi connectivity index (χ2n) is 4.65. The van der Waals surface area contributed by atoms with Crippen molar-refractivity contribution in [3.8, 4) is 0 Å². The van der Waals surface area contributed by atoms with Crippen LogP contribution in [0.1, 0.15) is 17.4 Å². The minimum Gasteiger partial charge on any atom is -0.331 e. The number of halogens is 1. The van der Waals surface area contributed by atoms with Gasteiger partial charge in [-0.05, 0) is 60.2 Å². The van der Waals surface area contributed by atoms with E-state index in [-0.39, 0.29) is 5.00 Å². The summed E-state index contributed by atoms with van der Waals surface area (Å²) in [6.45, 7) is 3.76. The average molecular weight is 413 g/mol. The quantitative estimate of drug-likeness (QED) is 0.335. The Bertz CT molecular complexity index is 772. The molecule has 0 radical (unpaired) electrons. The second-order valence-corrected chi connectivity index (χ2v) is 6.94. The predicted octanol–water partition coefficient (Wildman–Crippen LogP) is 4.44. The molecule has 0 atom stereocenters. The molecule has 0 aliphatic carbocycles. The van der Waals surface area contributed by atoms with Crippen molar-refractivity contribution < 1.29 is 4.92 Å². The molecule has 0 aliphatic rings. The van der Waals surface area contributed by atoms with Crippen LogP contribution in [-0.2, 0) is 0 Å². The van der Waals surface area contributed by atoms with E-state index in [0.717, 1.165) is 22.6 Å². The zero-order chi connectivity index (χ0) is 17.0. The summed E-state index contributed by atoms with van der Waals surface area (Å²) in [5.74, 6) is 0. The number of hydrogen-bond donors (Lipinski definition) is 2. The molecule has 0 unspecified atom stereocenters. The van der Waals surface area contributed by atoms with Crippen molar-refractivity contribution in [2.24, 2.45) is 5.10 Å². The summed E-state index contributed by atoms with van der Waals surface area (Å²) >= 11 is 9.39. The molecule has 1 aromatic carbocycles. The Hall–Kier alpha value is -1.84. The van der Waals surface area contributed by atoms with Crippen LogP contribution in [0.5, 0.6) is 0 Å². The van der Waals surface area contributed by atoms with Gasteiger partial charge in [0.25, 0.3) is 0 Å². The summed E-state index contributed by atoms with van der Waals surface area (Å²) in [7, 11) is 0. The Morgan fingerprint density at radius 1 is 1.39 bits per heavy atom. The molecule has 0 saturated heterocycles. The van der Waals surface area contributed by atoms with E-state index in [0.29, 0.717) is 20.2 Å². The Morgan fingerprint density at radius 2 is 2.04 bits per heavy atom. The number of aryl methyl sites for hydroxylation is 1. The van der Waals surface area contributed by atoms with E-state index < -0.39 is 4.92 Å². The van der Waals surface area contributed by atoms with Crippen molar-refractivity contribution in [1.82, 2.24) is 5.43 Å². The number of hydrazone groups is 1. The molecule has 23 heavy (non-hydrogen) atoms. The largest absolute Gasteiger partial charge is 0.338 e. The lowest BCUT2D eigenvalue weighted by atomic mass is 10.2. The number of nitro groups is 1. The van der Waals surface area contributed by atoms with E-state index in [9.17, 15) is 10.1 Å². The highest BCUT2D eigenvalue weighted by atomic mass is 79.9. The maximum absolute atomic E-state index is 10.9. The van der Waals surface area contributed by atoms with Crippen LogP contribution >= 0.6 is 39.5 Å². The van der Waals surface area contributed by atoms with Crippen LogP contribution in [0.15, 0.2) is 39.9 Å². The third-order valence-corrected chi connectivity index (χ3v) is 5.08. The number of anilines is 1. The summed E-state index contributed by atoms with van der Waals surface area (Å²) in [5, 5.41) is 18.4. The maximum atomic E-state index is 10.9. The molecule has 2 aromatic rings. The molecule has 0 saturated carbocycles. The van der Waals surface area contributed by atoms with Crippen molar-refractivity contribution in [1.29, 1.82) is 0 Å². The minimum atomic E-state index is -0.428. The highest BCUT2D eigenvalue weighted by molar-refractivity contribution is 9.10. The second kappa shape index (κ2) is 7.62. The number of nitrogens with one attached hydrogen (secondary N) is 2. The van der Waals surface area contributed by atoms with Crippen LogP contribution in [-0.4, -0.2) is 15.7 Å². The van der Waals surface area contributed by atoms with Crippen molar-refractivity contribution in [3.63, 3.8) is 0 Å². The predicted molar refractivity (Wildman–Crippen MR) is 101 cm³/mol.